The fraction of sp³-hybridized carbons (Fsp3) is 0.485. The van der Waals surface area contributed by atoms with E-state index in [0.29, 0.717) is 24.1 Å². The quantitative estimate of drug-likeness (QED) is 0.288. The van der Waals surface area contributed by atoms with Gasteiger partial charge >= 0.3 is 13.3 Å². The van der Waals surface area contributed by atoms with E-state index in [1.165, 1.54) is 17.7 Å². The maximum atomic E-state index is 14.3. The van der Waals surface area contributed by atoms with Crippen molar-refractivity contribution in [3.63, 3.8) is 0 Å². The second kappa shape index (κ2) is 11.5. The van der Waals surface area contributed by atoms with Crippen molar-refractivity contribution >= 4 is 46.7 Å². The van der Waals surface area contributed by atoms with Crippen LogP contribution in [0.15, 0.2) is 54.6 Å². The largest absolute Gasteiger partial charge is 0.399 e. The smallest absolute Gasteiger partial charge is 0.340 e. The number of carbonyl (C=O) groups excluding carboxylic acids is 3. The van der Waals surface area contributed by atoms with Gasteiger partial charge in [0.2, 0.25) is 11.8 Å². The van der Waals surface area contributed by atoms with E-state index in [1.807, 2.05) is 23.1 Å². The lowest BCUT2D eigenvalue weighted by atomic mass is 9.96. The molecule has 9 nitrogen and oxygen atoms in total. The summed E-state index contributed by atoms with van der Waals surface area (Å²) in [4.78, 5) is 64.0. The van der Waals surface area contributed by atoms with Gasteiger partial charge in [0.25, 0.3) is 5.91 Å². The summed E-state index contributed by atoms with van der Waals surface area (Å²) in [6, 6.07) is 13.4. The van der Waals surface area contributed by atoms with Gasteiger partial charge in [-0.15, -0.1) is 11.3 Å². The van der Waals surface area contributed by atoms with E-state index in [1.54, 1.807) is 4.90 Å². The monoisotopic (exact) mass is 671 g/mol. The average molecular weight is 672 g/mol. The van der Waals surface area contributed by atoms with Crippen LogP contribution in [-0.2, 0) is 19.8 Å². The molecule has 1 spiro atoms. The van der Waals surface area contributed by atoms with E-state index in [9.17, 15) is 27.7 Å². The number of likely N-dealkylation sites (tertiary alicyclic amines) is 1. The van der Waals surface area contributed by atoms with Gasteiger partial charge in [0.05, 0.1) is 4.88 Å². The second-order valence-corrected chi connectivity index (χ2v) is 16.0. The molecule has 1 unspecified atom stereocenters. The fourth-order valence-corrected chi connectivity index (χ4v) is 9.19. The van der Waals surface area contributed by atoms with Crippen LogP contribution in [0.4, 0.5) is 8.78 Å². The van der Waals surface area contributed by atoms with E-state index in [2.05, 4.69) is 17.4 Å². The topological polar surface area (TPSA) is 127 Å². The minimum absolute atomic E-state index is 0.00449. The van der Waals surface area contributed by atoms with Gasteiger partial charge in [-0.25, -0.2) is 0 Å². The number of nitrogens with zero attached hydrogens (tertiary/aromatic N) is 2. The molecule has 3 saturated heterocycles. The maximum absolute atomic E-state index is 14.3. The molecule has 3 aromatic rings. The molecule has 3 N–H and O–H groups in total. The molecule has 4 atom stereocenters. The van der Waals surface area contributed by atoms with Gasteiger partial charge in [-0.3, -0.25) is 18.9 Å². The lowest BCUT2D eigenvalue weighted by Gasteiger charge is -2.37. The number of nitrogens with one attached hydrogen (secondary N) is 1. The van der Waals surface area contributed by atoms with Crippen LogP contribution in [0.2, 0.25) is 0 Å². The van der Waals surface area contributed by atoms with Gasteiger partial charge in [0.15, 0.2) is 0 Å². The Balaban J connectivity index is 1.09. The van der Waals surface area contributed by atoms with Crippen molar-refractivity contribution in [2.24, 2.45) is 0 Å². The molecule has 1 aliphatic carbocycles. The Kier molecular flexibility index (Phi) is 7.86. The van der Waals surface area contributed by atoms with Crippen molar-refractivity contribution in [2.75, 3.05) is 6.54 Å². The Morgan fingerprint density at radius 1 is 1.00 bits per heavy atom. The van der Waals surface area contributed by atoms with Gasteiger partial charge < -0.3 is 24.9 Å². The number of amides is 3. The molecule has 0 radical (unpaired) electrons. The maximum Gasteiger partial charge on any atom is 0.399 e. The fourth-order valence-electron chi connectivity index (χ4n) is 7.77. The minimum atomic E-state index is -5.75. The molecule has 2 aromatic carbocycles. The van der Waals surface area contributed by atoms with E-state index >= 15 is 0 Å². The van der Waals surface area contributed by atoms with Crippen LogP contribution in [0.25, 0.3) is 10.1 Å². The molecule has 4 aliphatic rings. The summed E-state index contributed by atoms with van der Waals surface area (Å²) in [6.45, 7) is 0.639. The average Bonchev–Trinajstić information content (AvgIpc) is 3.34. The first-order valence-corrected chi connectivity index (χ1v) is 18.3. The molecule has 46 heavy (non-hydrogen) atoms. The van der Waals surface area contributed by atoms with Gasteiger partial charge in [-0.2, -0.15) is 8.78 Å². The third-order valence-electron chi connectivity index (χ3n) is 10.3. The Morgan fingerprint density at radius 2 is 1.74 bits per heavy atom. The molecule has 3 amide bonds. The van der Waals surface area contributed by atoms with E-state index < -0.39 is 36.8 Å². The van der Waals surface area contributed by atoms with Gasteiger partial charge in [-0.1, -0.05) is 49.2 Å². The van der Waals surface area contributed by atoms with Crippen molar-refractivity contribution in [3.8, 4) is 0 Å². The van der Waals surface area contributed by atoms with Gasteiger partial charge in [0.1, 0.15) is 12.1 Å². The SMILES string of the molecule is O=C(NC1CCCC[C@H]2CC[C@@H](C(=O)N3C[C@@H](c4ccccc4)CC34CC4)N2C1=O)c1cc2cc(C(F)(F)P(=O)(O)O)ccc2s1. The lowest BCUT2D eigenvalue weighted by molar-refractivity contribution is -0.148. The molecular formula is C33H36F2N3O6PS. The summed E-state index contributed by atoms with van der Waals surface area (Å²) >= 11 is 1.04. The Labute approximate surface area is 269 Å². The zero-order chi connectivity index (χ0) is 32.4. The summed E-state index contributed by atoms with van der Waals surface area (Å²) in [7, 11) is -5.75. The zero-order valence-corrected chi connectivity index (χ0v) is 26.8. The number of halogens is 2. The highest BCUT2D eigenvalue weighted by Crippen LogP contribution is 2.59. The highest BCUT2D eigenvalue weighted by Gasteiger charge is 2.58. The molecule has 244 valence electrons. The van der Waals surface area contributed by atoms with Gasteiger partial charge in [-0.05, 0) is 74.1 Å². The first-order chi connectivity index (χ1) is 21.9. The number of carbonyl (C=O) groups is 3. The van der Waals surface area contributed by atoms with Crippen LogP contribution in [-0.4, -0.2) is 67.5 Å². The third-order valence-corrected chi connectivity index (χ3v) is 12.4. The molecule has 4 heterocycles. The molecular weight excluding hydrogens is 635 g/mol. The molecule has 7 rings (SSSR count). The Hall–Kier alpha value is -3.18. The van der Waals surface area contributed by atoms with E-state index in [-0.39, 0.29) is 39.6 Å². The van der Waals surface area contributed by atoms with Crippen LogP contribution < -0.4 is 5.32 Å². The second-order valence-electron chi connectivity index (χ2n) is 13.2. The van der Waals surface area contributed by atoms with Crippen molar-refractivity contribution in [1.29, 1.82) is 0 Å². The van der Waals surface area contributed by atoms with Gasteiger partial charge in [0, 0.05) is 34.3 Å². The molecule has 1 saturated carbocycles. The first kappa shape index (κ1) is 31.4. The van der Waals surface area contributed by atoms with E-state index in [4.69, 9.17) is 9.79 Å². The zero-order valence-electron chi connectivity index (χ0n) is 25.1. The predicted molar refractivity (Wildman–Crippen MR) is 169 cm³/mol. The molecule has 4 fully saturated rings. The Bertz CT molecular complexity index is 1740. The minimum Gasteiger partial charge on any atom is -0.340 e. The van der Waals surface area contributed by atoms with Crippen molar-refractivity contribution < 1.29 is 37.5 Å². The lowest BCUT2D eigenvalue weighted by Crippen LogP contribution is -2.57. The molecule has 0 bridgehead atoms. The van der Waals surface area contributed by atoms with Crippen LogP contribution in [0.1, 0.15) is 84.5 Å². The number of rotatable bonds is 6. The molecule has 13 heteroatoms. The van der Waals surface area contributed by atoms with Crippen LogP contribution in [0.3, 0.4) is 0 Å². The van der Waals surface area contributed by atoms with Crippen molar-refractivity contribution in [3.05, 3.63) is 70.6 Å². The summed E-state index contributed by atoms with van der Waals surface area (Å²) in [5, 5.41) is 3.10. The van der Waals surface area contributed by atoms with Crippen LogP contribution >= 0.6 is 18.9 Å². The van der Waals surface area contributed by atoms with Crippen LogP contribution in [0, 0.1) is 0 Å². The summed E-state index contributed by atoms with van der Waals surface area (Å²) in [6.07, 6.45) is 7.04. The highest BCUT2D eigenvalue weighted by atomic mass is 32.1. The Morgan fingerprint density at radius 3 is 2.46 bits per heavy atom. The standard InChI is InChI=1S/C33H36F2N3O6PS/c34-33(35,45(42,43)44)23-10-13-27-21(16-23)17-28(46-27)29(39)36-25-9-5-4-8-24-11-12-26(38(24)30(25)40)31(41)37-19-22(18-32(37)14-15-32)20-6-2-1-3-7-20/h1-3,6-7,10,13,16-17,22,24-26H,4-5,8-9,11-12,14-15,18-19H2,(H,36,39)(H2,42,43,44)/t22-,24-,25?,26-/m0/s1. The van der Waals surface area contributed by atoms with Crippen molar-refractivity contribution in [1.82, 2.24) is 15.1 Å². The number of hydrogen-bond acceptors (Lipinski definition) is 5. The predicted octanol–water partition coefficient (Wildman–Crippen LogP) is 5.71. The summed E-state index contributed by atoms with van der Waals surface area (Å²) < 4.78 is 40.5. The number of fused-ring (bicyclic) bond motifs is 2. The normalized spacial score (nSPS) is 26.2. The van der Waals surface area contributed by atoms with Crippen molar-refractivity contribution in [2.45, 2.75) is 93.0 Å². The van der Waals surface area contributed by atoms with E-state index in [0.717, 1.165) is 68.4 Å². The molecule has 3 aliphatic heterocycles. The third kappa shape index (κ3) is 5.47. The number of benzene rings is 2. The highest BCUT2D eigenvalue weighted by molar-refractivity contribution is 7.52. The number of hydrogen-bond donors (Lipinski definition) is 3. The first-order valence-electron chi connectivity index (χ1n) is 15.8. The molecule has 1 aromatic heterocycles. The number of thiophene rings is 1. The summed E-state index contributed by atoms with van der Waals surface area (Å²) in [5.74, 6) is -0.531. The van der Waals surface area contributed by atoms with Crippen LogP contribution in [0.5, 0.6) is 0 Å². The summed E-state index contributed by atoms with van der Waals surface area (Å²) in [5.41, 5.74) is -4.12. The number of alkyl halides is 2.